The Kier molecular flexibility index (Phi) is 2.23. The Hall–Kier alpha value is -1.42. The maximum absolute atomic E-state index is 9.74. The molecule has 0 radical (unpaired) electrons. The van der Waals surface area contributed by atoms with Gasteiger partial charge in [0.05, 0.1) is 12.3 Å². The zero-order chi connectivity index (χ0) is 9.10. The van der Waals surface area contributed by atoms with Crippen LogP contribution in [0.4, 0.5) is 0 Å². The molecule has 2 heterocycles. The molecule has 0 saturated carbocycles. The van der Waals surface area contributed by atoms with Crippen molar-refractivity contribution in [3.8, 4) is 0 Å². The zero-order valence-electron chi connectivity index (χ0n) is 7.05. The summed E-state index contributed by atoms with van der Waals surface area (Å²) >= 11 is 0. The Labute approximate surface area is 75.9 Å². The minimum Gasteiger partial charge on any atom is -0.495 e. The first-order valence-corrected chi connectivity index (χ1v) is 4.15. The predicted molar refractivity (Wildman–Crippen MR) is 45.6 cm³/mol. The second kappa shape index (κ2) is 3.53. The lowest BCUT2D eigenvalue weighted by atomic mass is 10.2. The molecule has 1 unspecified atom stereocenters. The molecule has 1 aliphatic rings. The summed E-state index contributed by atoms with van der Waals surface area (Å²) in [5.74, 6) is 0.596. The van der Waals surface area contributed by atoms with E-state index >= 15 is 0 Å². The summed E-state index contributed by atoms with van der Waals surface area (Å²) < 4.78 is 5.22. The number of rotatable bonds is 2. The van der Waals surface area contributed by atoms with Gasteiger partial charge in [-0.25, -0.2) is 9.97 Å². The van der Waals surface area contributed by atoms with Gasteiger partial charge in [-0.15, -0.1) is 0 Å². The average Bonchev–Trinajstić information content (AvgIpc) is 2.71. The predicted octanol–water partition coefficient (Wildman–Crippen LogP) is 0.814. The van der Waals surface area contributed by atoms with E-state index in [9.17, 15) is 5.11 Å². The standard InChI is InChI=1S/C9H10N2O2/c12-9(8-2-1-5-13-8)7-3-4-10-6-11-7/h2-4,6,9,12H,1,5H2. The van der Waals surface area contributed by atoms with Crippen molar-refractivity contribution in [1.82, 2.24) is 9.97 Å². The quantitative estimate of drug-likeness (QED) is 0.728. The second-order valence-corrected chi connectivity index (χ2v) is 2.78. The van der Waals surface area contributed by atoms with Crippen molar-refractivity contribution in [3.63, 3.8) is 0 Å². The van der Waals surface area contributed by atoms with Crippen LogP contribution in [-0.2, 0) is 4.74 Å². The third-order valence-electron chi connectivity index (χ3n) is 1.89. The third kappa shape index (κ3) is 1.67. The van der Waals surface area contributed by atoms with Crippen LogP contribution in [0.3, 0.4) is 0 Å². The van der Waals surface area contributed by atoms with Crippen molar-refractivity contribution in [2.24, 2.45) is 0 Å². The number of nitrogens with zero attached hydrogens (tertiary/aromatic N) is 2. The van der Waals surface area contributed by atoms with Gasteiger partial charge in [0.2, 0.25) is 0 Å². The van der Waals surface area contributed by atoms with Gasteiger partial charge in [0.15, 0.2) is 6.10 Å². The summed E-state index contributed by atoms with van der Waals surface area (Å²) in [7, 11) is 0. The van der Waals surface area contributed by atoms with Gasteiger partial charge in [-0.05, 0) is 12.1 Å². The summed E-state index contributed by atoms with van der Waals surface area (Å²) in [5, 5.41) is 9.74. The molecule has 0 amide bonds. The molecule has 4 nitrogen and oxygen atoms in total. The maximum Gasteiger partial charge on any atom is 0.153 e. The summed E-state index contributed by atoms with van der Waals surface area (Å²) in [4.78, 5) is 7.71. The van der Waals surface area contributed by atoms with Gasteiger partial charge in [0.25, 0.3) is 0 Å². The highest BCUT2D eigenvalue weighted by molar-refractivity contribution is 5.15. The number of hydrogen-bond donors (Lipinski definition) is 1. The van der Waals surface area contributed by atoms with Gasteiger partial charge in [0, 0.05) is 12.6 Å². The van der Waals surface area contributed by atoms with Gasteiger partial charge < -0.3 is 9.84 Å². The maximum atomic E-state index is 9.74. The van der Waals surface area contributed by atoms with Gasteiger partial charge in [-0.2, -0.15) is 0 Å². The smallest absolute Gasteiger partial charge is 0.153 e. The molecular formula is C9H10N2O2. The molecule has 0 aromatic carbocycles. The van der Waals surface area contributed by atoms with Crippen molar-refractivity contribution in [3.05, 3.63) is 36.1 Å². The number of aliphatic hydroxyl groups excluding tert-OH is 1. The van der Waals surface area contributed by atoms with Crippen LogP contribution in [0.1, 0.15) is 18.2 Å². The highest BCUT2D eigenvalue weighted by Crippen LogP contribution is 2.23. The molecule has 1 aromatic rings. The van der Waals surface area contributed by atoms with Crippen LogP contribution < -0.4 is 0 Å². The molecular weight excluding hydrogens is 168 g/mol. The Morgan fingerprint density at radius 3 is 3.08 bits per heavy atom. The molecule has 0 aliphatic carbocycles. The normalized spacial score (nSPS) is 17.8. The molecule has 1 N–H and O–H groups in total. The first-order chi connectivity index (χ1) is 6.38. The Morgan fingerprint density at radius 2 is 2.46 bits per heavy atom. The number of aromatic nitrogens is 2. The lowest BCUT2D eigenvalue weighted by molar-refractivity contribution is 0.116. The molecule has 1 atom stereocenters. The Balaban J connectivity index is 2.17. The van der Waals surface area contributed by atoms with Crippen LogP contribution in [0.15, 0.2) is 30.4 Å². The molecule has 68 valence electrons. The van der Waals surface area contributed by atoms with Crippen molar-refractivity contribution in [2.75, 3.05) is 6.61 Å². The van der Waals surface area contributed by atoms with E-state index in [0.717, 1.165) is 6.42 Å². The van der Waals surface area contributed by atoms with E-state index in [-0.39, 0.29) is 0 Å². The largest absolute Gasteiger partial charge is 0.495 e. The van der Waals surface area contributed by atoms with Crippen molar-refractivity contribution in [1.29, 1.82) is 0 Å². The Bertz CT molecular complexity index is 311. The number of aliphatic hydroxyl groups is 1. The molecule has 13 heavy (non-hydrogen) atoms. The second-order valence-electron chi connectivity index (χ2n) is 2.78. The fourth-order valence-electron chi connectivity index (χ4n) is 1.24. The van der Waals surface area contributed by atoms with Crippen molar-refractivity contribution >= 4 is 0 Å². The summed E-state index contributed by atoms with van der Waals surface area (Å²) in [6.07, 6.45) is 5.00. The van der Waals surface area contributed by atoms with E-state index < -0.39 is 6.10 Å². The summed E-state index contributed by atoms with van der Waals surface area (Å²) in [6.45, 7) is 0.650. The number of ether oxygens (including phenoxy) is 1. The highest BCUT2D eigenvalue weighted by Gasteiger charge is 2.18. The lowest BCUT2D eigenvalue weighted by Gasteiger charge is -2.10. The summed E-state index contributed by atoms with van der Waals surface area (Å²) in [5.41, 5.74) is 0.572. The monoisotopic (exact) mass is 178 g/mol. The van der Waals surface area contributed by atoms with E-state index in [1.165, 1.54) is 6.33 Å². The van der Waals surface area contributed by atoms with Crippen LogP contribution in [0.25, 0.3) is 0 Å². The van der Waals surface area contributed by atoms with Crippen LogP contribution in [0.2, 0.25) is 0 Å². The first-order valence-electron chi connectivity index (χ1n) is 4.15. The van der Waals surface area contributed by atoms with Crippen LogP contribution in [0, 0.1) is 0 Å². The summed E-state index contributed by atoms with van der Waals surface area (Å²) in [6, 6.07) is 1.67. The fourth-order valence-corrected chi connectivity index (χ4v) is 1.24. The van der Waals surface area contributed by atoms with Crippen LogP contribution in [0.5, 0.6) is 0 Å². The molecule has 0 fully saturated rings. The average molecular weight is 178 g/mol. The van der Waals surface area contributed by atoms with Crippen molar-refractivity contribution in [2.45, 2.75) is 12.5 Å². The highest BCUT2D eigenvalue weighted by atomic mass is 16.5. The SMILES string of the molecule is OC(C1=CCCO1)c1ccncn1. The third-order valence-corrected chi connectivity index (χ3v) is 1.89. The molecule has 4 heteroatoms. The van der Waals surface area contributed by atoms with Crippen molar-refractivity contribution < 1.29 is 9.84 Å². The van der Waals surface area contributed by atoms with E-state index in [4.69, 9.17) is 4.74 Å². The molecule has 0 saturated heterocycles. The minimum atomic E-state index is -0.745. The molecule has 0 bridgehead atoms. The first kappa shape index (κ1) is 8.19. The van der Waals surface area contributed by atoms with Crippen LogP contribution >= 0.6 is 0 Å². The van der Waals surface area contributed by atoms with Gasteiger partial charge in [0.1, 0.15) is 12.1 Å². The van der Waals surface area contributed by atoms with E-state index in [1.807, 2.05) is 6.08 Å². The topological polar surface area (TPSA) is 55.2 Å². The van der Waals surface area contributed by atoms with Gasteiger partial charge in [-0.1, -0.05) is 0 Å². The van der Waals surface area contributed by atoms with E-state index in [1.54, 1.807) is 12.3 Å². The van der Waals surface area contributed by atoms with Crippen LogP contribution in [-0.4, -0.2) is 21.7 Å². The van der Waals surface area contributed by atoms with Gasteiger partial charge >= 0.3 is 0 Å². The van der Waals surface area contributed by atoms with E-state index in [0.29, 0.717) is 18.1 Å². The zero-order valence-corrected chi connectivity index (χ0v) is 7.05. The van der Waals surface area contributed by atoms with E-state index in [2.05, 4.69) is 9.97 Å². The van der Waals surface area contributed by atoms with Gasteiger partial charge in [-0.3, -0.25) is 0 Å². The fraction of sp³-hybridized carbons (Fsp3) is 0.333. The molecule has 0 spiro atoms. The molecule has 1 aromatic heterocycles. The lowest BCUT2D eigenvalue weighted by Crippen LogP contribution is -2.04. The minimum absolute atomic E-state index is 0.572. The Morgan fingerprint density at radius 1 is 1.54 bits per heavy atom. The molecule has 2 rings (SSSR count). The number of hydrogen-bond acceptors (Lipinski definition) is 4. The molecule has 1 aliphatic heterocycles.